The van der Waals surface area contributed by atoms with Gasteiger partial charge in [-0.2, -0.15) is 11.3 Å². The fraction of sp³-hybridized carbons (Fsp3) is 0.200. The molecule has 0 saturated carbocycles. The standard InChI is InChI=1S/C18H18N2O4S.C2H4/c1-18(2,23)15(17(22)20-24)19-16(21)14-7-5-12(6-8-14)3-4-13-9-10-25-11-13;1-2/h5-11,15,23-24H,1-2H3,(H,19,21)(H,20,22);1-2H2. The number of hydrogen-bond acceptors (Lipinski definition) is 5. The van der Waals surface area contributed by atoms with Crippen LogP contribution in [0.15, 0.2) is 54.2 Å². The Bertz CT molecular complexity index is 812. The van der Waals surface area contributed by atoms with Crippen LogP contribution in [0.5, 0.6) is 0 Å². The molecule has 0 aliphatic heterocycles. The molecule has 6 nitrogen and oxygen atoms in total. The van der Waals surface area contributed by atoms with Crippen LogP contribution >= 0.6 is 11.3 Å². The summed E-state index contributed by atoms with van der Waals surface area (Å²) in [6.07, 6.45) is 0. The third-order valence-corrected chi connectivity index (χ3v) is 4.06. The number of rotatable bonds is 4. The molecule has 1 aromatic carbocycles. The lowest BCUT2D eigenvalue weighted by molar-refractivity contribution is -0.136. The maximum atomic E-state index is 12.3. The van der Waals surface area contributed by atoms with Gasteiger partial charge in [0.1, 0.15) is 6.04 Å². The highest BCUT2D eigenvalue weighted by atomic mass is 32.1. The van der Waals surface area contributed by atoms with E-state index in [1.54, 1.807) is 35.6 Å². The summed E-state index contributed by atoms with van der Waals surface area (Å²) in [4.78, 5) is 23.9. The Morgan fingerprint density at radius 1 is 1.11 bits per heavy atom. The maximum Gasteiger partial charge on any atom is 0.268 e. The van der Waals surface area contributed by atoms with Gasteiger partial charge in [0.25, 0.3) is 11.8 Å². The number of carbonyl (C=O) groups excluding carboxylic acids is 2. The molecule has 0 aliphatic carbocycles. The molecule has 4 N–H and O–H groups in total. The Labute approximate surface area is 162 Å². The van der Waals surface area contributed by atoms with Crippen LogP contribution in [0.25, 0.3) is 0 Å². The van der Waals surface area contributed by atoms with Crippen LogP contribution in [0, 0.1) is 11.8 Å². The molecule has 1 heterocycles. The third-order valence-electron chi connectivity index (χ3n) is 3.37. The minimum Gasteiger partial charge on any atom is -0.388 e. The summed E-state index contributed by atoms with van der Waals surface area (Å²) >= 11 is 1.57. The Balaban J connectivity index is 0.00000176. The molecule has 1 unspecified atom stereocenters. The summed E-state index contributed by atoms with van der Waals surface area (Å²) in [7, 11) is 0. The zero-order chi connectivity index (χ0) is 20.4. The van der Waals surface area contributed by atoms with Gasteiger partial charge in [0.05, 0.1) is 5.60 Å². The highest BCUT2D eigenvalue weighted by Gasteiger charge is 2.34. The Hall–Kier alpha value is -2.92. The summed E-state index contributed by atoms with van der Waals surface area (Å²) in [5.41, 5.74) is 1.87. The van der Waals surface area contributed by atoms with Gasteiger partial charge in [-0.25, -0.2) is 5.48 Å². The van der Waals surface area contributed by atoms with Crippen molar-refractivity contribution in [2.24, 2.45) is 0 Å². The minimum atomic E-state index is -1.55. The van der Waals surface area contributed by atoms with Crippen molar-refractivity contribution in [1.82, 2.24) is 10.8 Å². The average molecular weight is 386 g/mol. The second-order valence-electron chi connectivity index (χ2n) is 5.88. The molecule has 7 heteroatoms. The lowest BCUT2D eigenvalue weighted by Gasteiger charge is -2.28. The molecule has 0 spiro atoms. The van der Waals surface area contributed by atoms with Crippen molar-refractivity contribution in [2.45, 2.75) is 25.5 Å². The fourth-order valence-corrected chi connectivity index (χ4v) is 2.61. The Morgan fingerprint density at radius 2 is 1.70 bits per heavy atom. The van der Waals surface area contributed by atoms with E-state index in [-0.39, 0.29) is 0 Å². The molecule has 1 aromatic heterocycles. The summed E-state index contributed by atoms with van der Waals surface area (Å²) in [5.74, 6) is 4.55. The molecule has 0 aliphatic rings. The van der Waals surface area contributed by atoms with E-state index in [0.717, 1.165) is 11.1 Å². The summed E-state index contributed by atoms with van der Waals surface area (Å²) in [5, 5.41) is 25.0. The molecule has 0 bridgehead atoms. The largest absolute Gasteiger partial charge is 0.388 e. The van der Waals surface area contributed by atoms with E-state index in [0.29, 0.717) is 5.56 Å². The number of hydrogen-bond donors (Lipinski definition) is 4. The van der Waals surface area contributed by atoms with E-state index in [4.69, 9.17) is 5.21 Å². The molecule has 2 amide bonds. The molecule has 27 heavy (non-hydrogen) atoms. The molecule has 2 rings (SSSR count). The van der Waals surface area contributed by atoms with Gasteiger partial charge in [-0.1, -0.05) is 11.8 Å². The predicted molar refractivity (Wildman–Crippen MR) is 105 cm³/mol. The van der Waals surface area contributed by atoms with Crippen molar-refractivity contribution >= 4 is 23.2 Å². The molecule has 142 valence electrons. The van der Waals surface area contributed by atoms with E-state index >= 15 is 0 Å². The second-order valence-corrected chi connectivity index (χ2v) is 6.66. The van der Waals surface area contributed by atoms with Gasteiger partial charge in [-0.15, -0.1) is 13.2 Å². The first-order valence-electron chi connectivity index (χ1n) is 7.92. The Kier molecular flexibility index (Phi) is 8.42. The Morgan fingerprint density at radius 3 is 2.19 bits per heavy atom. The summed E-state index contributed by atoms with van der Waals surface area (Å²) in [6, 6.07) is 7.15. The van der Waals surface area contributed by atoms with E-state index in [1.165, 1.54) is 19.3 Å². The van der Waals surface area contributed by atoms with Crippen LogP contribution in [-0.2, 0) is 4.79 Å². The molecule has 0 fully saturated rings. The van der Waals surface area contributed by atoms with Gasteiger partial charge in [0.2, 0.25) is 0 Å². The molecule has 0 saturated heterocycles. The summed E-state index contributed by atoms with van der Waals surface area (Å²) < 4.78 is 0. The van der Waals surface area contributed by atoms with E-state index in [9.17, 15) is 14.7 Å². The molecular weight excluding hydrogens is 364 g/mol. The van der Waals surface area contributed by atoms with Gasteiger partial charge < -0.3 is 10.4 Å². The number of aliphatic hydroxyl groups is 1. The van der Waals surface area contributed by atoms with Crippen LogP contribution < -0.4 is 10.8 Å². The van der Waals surface area contributed by atoms with Gasteiger partial charge in [-0.05, 0) is 49.6 Å². The van der Waals surface area contributed by atoms with E-state index < -0.39 is 23.5 Å². The average Bonchev–Trinajstić information content (AvgIpc) is 3.18. The smallest absolute Gasteiger partial charge is 0.268 e. The van der Waals surface area contributed by atoms with E-state index in [2.05, 4.69) is 30.3 Å². The molecule has 0 radical (unpaired) electrons. The van der Waals surface area contributed by atoms with Crippen LogP contribution in [0.1, 0.15) is 35.3 Å². The normalized spacial score (nSPS) is 11.1. The predicted octanol–water partition coefficient (Wildman–Crippen LogP) is 2.32. The minimum absolute atomic E-state index is 0.307. The van der Waals surface area contributed by atoms with Gasteiger partial charge >= 0.3 is 0 Å². The molecular formula is C20H22N2O4S. The third kappa shape index (κ3) is 6.72. The quantitative estimate of drug-likeness (QED) is 0.280. The monoisotopic (exact) mass is 386 g/mol. The highest BCUT2D eigenvalue weighted by molar-refractivity contribution is 7.08. The molecule has 2 aromatic rings. The second kappa shape index (κ2) is 10.3. The fourth-order valence-electron chi connectivity index (χ4n) is 2.03. The SMILES string of the molecule is C=C.CC(C)(O)C(NC(=O)c1ccc(C#Cc2ccsc2)cc1)C(=O)NO. The van der Waals surface area contributed by atoms with Crippen molar-refractivity contribution < 1.29 is 19.9 Å². The number of amides is 2. The van der Waals surface area contributed by atoms with Crippen molar-refractivity contribution in [3.05, 3.63) is 70.9 Å². The lowest BCUT2D eigenvalue weighted by Crippen LogP contribution is -2.57. The zero-order valence-corrected chi connectivity index (χ0v) is 16.0. The van der Waals surface area contributed by atoms with Gasteiger partial charge in [-0.3, -0.25) is 14.8 Å². The summed E-state index contributed by atoms with van der Waals surface area (Å²) in [6.45, 7) is 8.71. The van der Waals surface area contributed by atoms with Crippen LogP contribution in [0.2, 0.25) is 0 Å². The van der Waals surface area contributed by atoms with Crippen LogP contribution in [0.3, 0.4) is 0 Å². The topological polar surface area (TPSA) is 98.7 Å². The van der Waals surface area contributed by atoms with Crippen molar-refractivity contribution in [2.75, 3.05) is 0 Å². The van der Waals surface area contributed by atoms with Crippen molar-refractivity contribution in [1.29, 1.82) is 0 Å². The first kappa shape index (κ1) is 22.1. The van der Waals surface area contributed by atoms with E-state index in [1.807, 2.05) is 16.8 Å². The van der Waals surface area contributed by atoms with Crippen LogP contribution in [0.4, 0.5) is 0 Å². The highest BCUT2D eigenvalue weighted by Crippen LogP contribution is 2.11. The zero-order valence-electron chi connectivity index (χ0n) is 15.2. The first-order chi connectivity index (χ1) is 12.8. The van der Waals surface area contributed by atoms with Gasteiger partial charge in [0, 0.05) is 22.1 Å². The molecule has 1 atom stereocenters. The number of nitrogens with one attached hydrogen (secondary N) is 2. The van der Waals surface area contributed by atoms with Crippen LogP contribution in [-0.4, -0.2) is 33.8 Å². The van der Waals surface area contributed by atoms with Crippen molar-refractivity contribution in [3.63, 3.8) is 0 Å². The number of benzene rings is 1. The number of carbonyl (C=O) groups is 2. The lowest BCUT2D eigenvalue weighted by atomic mass is 9.97. The van der Waals surface area contributed by atoms with Gasteiger partial charge in [0.15, 0.2) is 0 Å². The number of hydroxylamine groups is 1. The first-order valence-corrected chi connectivity index (χ1v) is 8.87. The maximum absolute atomic E-state index is 12.3. The number of thiophene rings is 1. The van der Waals surface area contributed by atoms with Crippen molar-refractivity contribution in [3.8, 4) is 11.8 Å².